The van der Waals surface area contributed by atoms with Gasteiger partial charge in [0.1, 0.15) is 5.69 Å². The van der Waals surface area contributed by atoms with E-state index in [9.17, 15) is 0 Å². The number of rotatable bonds is 4. The van der Waals surface area contributed by atoms with Gasteiger partial charge in [-0.1, -0.05) is 31.5 Å². The second kappa shape index (κ2) is 5.05. The third-order valence-corrected chi connectivity index (χ3v) is 2.88. The first kappa shape index (κ1) is 11.7. The second-order valence-corrected chi connectivity index (χ2v) is 4.08. The average molecular weight is 232 g/mol. The number of nitrogens with two attached hydrogens (primary N) is 1. The minimum absolute atomic E-state index is 0.218. The molecule has 0 aliphatic heterocycles. The van der Waals surface area contributed by atoms with E-state index in [1.165, 1.54) is 0 Å². The topological polar surface area (TPSA) is 77.8 Å². The summed E-state index contributed by atoms with van der Waals surface area (Å²) in [5, 5.41) is 3.90. The summed E-state index contributed by atoms with van der Waals surface area (Å²) < 4.78 is 5.18. The predicted octanol–water partition coefficient (Wildman–Crippen LogP) is 2.18. The zero-order chi connectivity index (χ0) is 12.3. The molecule has 0 fully saturated rings. The molecule has 0 aromatic carbocycles. The largest absolute Gasteiger partial charge is 0.337 e. The molecule has 0 aliphatic carbocycles. The number of hydrogen-bond donors (Lipinski definition) is 1. The lowest BCUT2D eigenvalue weighted by Gasteiger charge is -2.12. The smallest absolute Gasteiger partial charge is 0.244 e. The van der Waals surface area contributed by atoms with E-state index in [1.807, 2.05) is 18.2 Å². The average Bonchev–Trinajstić information content (AvgIpc) is 2.87. The van der Waals surface area contributed by atoms with Crippen LogP contribution in [0.1, 0.15) is 32.2 Å². The molecular formula is C12H16N4O. The van der Waals surface area contributed by atoms with E-state index in [1.54, 1.807) is 6.20 Å². The first-order valence-corrected chi connectivity index (χ1v) is 5.73. The van der Waals surface area contributed by atoms with Crippen LogP contribution in [0.2, 0.25) is 0 Å². The number of nitrogens with zero attached hydrogens (tertiary/aromatic N) is 3. The Hall–Kier alpha value is -1.75. The minimum atomic E-state index is -0.218. The molecular weight excluding hydrogens is 216 g/mol. The molecule has 90 valence electrons. The van der Waals surface area contributed by atoms with Crippen molar-refractivity contribution in [2.24, 2.45) is 11.7 Å². The van der Waals surface area contributed by atoms with Crippen molar-refractivity contribution < 1.29 is 4.52 Å². The van der Waals surface area contributed by atoms with Crippen molar-refractivity contribution in [1.29, 1.82) is 0 Å². The van der Waals surface area contributed by atoms with Gasteiger partial charge in [-0.15, -0.1) is 0 Å². The maximum Gasteiger partial charge on any atom is 0.244 e. The lowest BCUT2D eigenvalue weighted by Crippen LogP contribution is -2.18. The number of pyridine rings is 1. The van der Waals surface area contributed by atoms with Crippen LogP contribution in [0.4, 0.5) is 0 Å². The highest BCUT2D eigenvalue weighted by atomic mass is 16.5. The summed E-state index contributed by atoms with van der Waals surface area (Å²) in [5.41, 5.74) is 6.72. The Balaban J connectivity index is 2.22. The molecule has 5 nitrogen and oxygen atoms in total. The Bertz CT molecular complexity index is 468. The van der Waals surface area contributed by atoms with Crippen LogP contribution in [-0.4, -0.2) is 15.1 Å². The second-order valence-electron chi connectivity index (χ2n) is 4.08. The van der Waals surface area contributed by atoms with Gasteiger partial charge in [0.15, 0.2) is 0 Å². The quantitative estimate of drug-likeness (QED) is 0.874. The Morgan fingerprint density at radius 3 is 2.88 bits per heavy atom. The number of aromatic nitrogens is 3. The highest BCUT2D eigenvalue weighted by Gasteiger charge is 2.20. The standard InChI is InChI=1S/C12H16N4O/c1-3-8(2)10(13)12-15-11(16-17-12)9-6-4-5-7-14-9/h4-8,10H,3,13H2,1-2H3/t8-,10-/m0/s1. The molecule has 0 bridgehead atoms. The molecule has 2 N–H and O–H groups in total. The van der Waals surface area contributed by atoms with Gasteiger partial charge >= 0.3 is 0 Å². The van der Waals surface area contributed by atoms with Gasteiger partial charge in [-0.05, 0) is 18.1 Å². The van der Waals surface area contributed by atoms with Crippen molar-refractivity contribution in [3.05, 3.63) is 30.3 Å². The lowest BCUT2D eigenvalue weighted by molar-refractivity contribution is 0.312. The van der Waals surface area contributed by atoms with Crippen LogP contribution in [0, 0.1) is 5.92 Å². The fourth-order valence-corrected chi connectivity index (χ4v) is 1.47. The first-order valence-electron chi connectivity index (χ1n) is 5.73. The van der Waals surface area contributed by atoms with Crippen LogP contribution in [0.5, 0.6) is 0 Å². The van der Waals surface area contributed by atoms with Gasteiger partial charge in [-0.2, -0.15) is 4.98 Å². The van der Waals surface area contributed by atoms with Gasteiger partial charge in [-0.25, -0.2) is 0 Å². The van der Waals surface area contributed by atoms with E-state index in [2.05, 4.69) is 29.0 Å². The summed E-state index contributed by atoms with van der Waals surface area (Å²) in [4.78, 5) is 8.45. The van der Waals surface area contributed by atoms with Gasteiger partial charge in [0.25, 0.3) is 0 Å². The van der Waals surface area contributed by atoms with Crippen LogP contribution in [0.15, 0.2) is 28.9 Å². The van der Waals surface area contributed by atoms with E-state index in [0.29, 0.717) is 23.3 Å². The Morgan fingerprint density at radius 2 is 2.24 bits per heavy atom. The van der Waals surface area contributed by atoms with Crippen molar-refractivity contribution in [3.63, 3.8) is 0 Å². The van der Waals surface area contributed by atoms with Crippen molar-refractivity contribution in [2.45, 2.75) is 26.3 Å². The maximum atomic E-state index is 6.02. The Labute approximate surface area is 100 Å². The summed E-state index contributed by atoms with van der Waals surface area (Å²) in [7, 11) is 0. The third kappa shape index (κ3) is 2.50. The van der Waals surface area contributed by atoms with E-state index in [-0.39, 0.29) is 6.04 Å². The van der Waals surface area contributed by atoms with E-state index in [4.69, 9.17) is 10.3 Å². The summed E-state index contributed by atoms with van der Waals surface area (Å²) >= 11 is 0. The monoisotopic (exact) mass is 232 g/mol. The molecule has 0 spiro atoms. The number of hydrogen-bond acceptors (Lipinski definition) is 5. The molecule has 2 heterocycles. The maximum absolute atomic E-state index is 6.02. The van der Waals surface area contributed by atoms with Crippen LogP contribution >= 0.6 is 0 Å². The van der Waals surface area contributed by atoms with Crippen molar-refractivity contribution >= 4 is 0 Å². The highest BCUT2D eigenvalue weighted by Crippen LogP contribution is 2.22. The van der Waals surface area contributed by atoms with Crippen molar-refractivity contribution in [1.82, 2.24) is 15.1 Å². The molecule has 2 aromatic rings. The Kier molecular flexibility index (Phi) is 3.49. The summed E-state index contributed by atoms with van der Waals surface area (Å²) in [6.07, 6.45) is 2.67. The molecule has 0 aliphatic rings. The zero-order valence-electron chi connectivity index (χ0n) is 10.00. The van der Waals surface area contributed by atoms with E-state index >= 15 is 0 Å². The van der Waals surface area contributed by atoms with Crippen LogP contribution in [-0.2, 0) is 0 Å². The van der Waals surface area contributed by atoms with Gasteiger partial charge in [0.05, 0.1) is 6.04 Å². The fourth-order valence-electron chi connectivity index (χ4n) is 1.47. The summed E-state index contributed by atoms with van der Waals surface area (Å²) in [6, 6.07) is 5.34. The van der Waals surface area contributed by atoms with Gasteiger partial charge in [-0.3, -0.25) is 4.98 Å². The molecule has 0 amide bonds. The molecule has 5 heteroatoms. The molecule has 0 saturated heterocycles. The van der Waals surface area contributed by atoms with Crippen LogP contribution in [0.3, 0.4) is 0 Å². The van der Waals surface area contributed by atoms with Crippen molar-refractivity contribution in [3.8, 4) is 11.5 Å². The molecule has 0 unspecified atom stereocenters. The summed E-state index contributed by atoms with van der Waals surface area (Å²) in [5.74, 6) is 1.27. The minimum Gasteiger partial charge on any atom is -0.337 e. The molecule has 2 rings (SSSR count). The van der Waals surface area contributed by atoms with Gasteiger partial charge in [0, 0.05) is 6.20 Å². The molecule has 2 aromatic heterocycles. The van der Waals surface area contributed by atoms with E-state index in [0.717, 1.165) is 6.42 Å². The first-order chi connectivity index (χ1) is 8.22. The zero-order valence-corrected chi connectivity index (χ0v) is 10.00. The molecule has 2 atom stereocenters. The van der Waals surface area contributed by atoms with Crippen LogP contribution < -0.4 is 5.73 Å². The Morgan fingerprint density at radius 1 is 1.41 bits per heavy atom. The normalized spacial score (nSPS) is 14.5. The lowest BCUT2D eigenvalue weighted by atomic mass is 10.0. The van der Waals surface area contributed by atoms with Crippen LogP contribution in [0.25, 0.3) is 11.5 Å². The van der Waals surface area contributed by atoms with E-state index < -0.39 is 0 Å². The van der Waals surface area contributed by atoms with Gasteiger partial charge in [0.2, 0.25) is 11.7 Å². The SMILES string of the molecule is CC[C@H](C)[C@H](N)c1nc(-c2ccccn2)no1. The fraction of sp³-hybridized carbons (Fsp3) is 0.417. The molecule has 17 heavy (non-hydrogen) atoms. The van der Waals surface area contributed by atoms with Crippen molar-refractivity contribution in [2.75, 3.05) is 0 Å². The summed E-state index contributed by atoms with van der Waals surface area (Å²) in [6.45, 7) is 4.15. The molecule has 0 saturated carbocycles. The van der Waals surface area contributed by atoms with Gasteiger partial charge < -0.3 is 10.3 Å². The molecule has 0 radical (unpaired) electrons. The predicted molar refractivity (Wildman–Crippen MR) is 63.9 cm³/mol. The third-order valence-electron chi connectivity index (χ3n) is 2.88. The highest BCUT2D eigenvalue weighted by molar-refractivity contribution is 5.47.